The fourth-order valence-corrected chi connectivity index (χ4v) is 2.83. The predicted molar refractivity (Wildman–Crippen MR) is 65.1 cm³/mol. The van der Waals surface area contributed by atoms with Crippen molar-refractivity contribution in [3.8, 4) is 6.07 Å². The van der Waals surface area contributed by atoms with Crippen LogP contribution in [0.15, 0.2) is 0 Å². The van der Waals surface area contributed by atoms with Crippen LogP contribution in [0.5, 0.6) is 0 Å². The number of rotatable bonds is 3. The zero-order chi connectivity index (χ0) is 12.3. The van der Waals surface area contributed by atoms with E-state index in [-0.39, 0.29) is 11.8 Å². The van der Waals surface area contributed by atoms with Crippen molar-refractivity contribution in [2.75, 3.05) is 32.7 Å². The van der Waals surface area contributed by atoms with Gasteiger partial charge in [-0.1, -0.05) is 6.92 Å². The normalized spacial score (nSPS) is 27.4. The highest BCUT2D eigenvalue weighted by Gasteiger charge is 2.31. The Morgan fingerprint density at radius 1 is 1.41 bits per heavy atom. The molecule has 0 radical (unpaired) electrons. The quantitative estimate of drug-likeness (QED) is 0.735. The molecule has 0 N–H and O–H groups in total. The molecule has 4 heteroatoms. The van der Waals surface area contributed by atoms with Crippen molar-refractivity contribution in [3.05, 3.63) is 0 Å². The molecule has 1 atom stereocenters. The molecule has 1 unspecified atom stereocenters. The Labute approximate surface area is 103 Å². The van der Waals surface area contributed by atoms with Gasteiger partial charge in [-0.25, -0.2) is 0 Å². The summed E-state index contributed by atoms with van der Waals surface area (Å²) in [4.78, 5) is 16.1. The largest absolute Gasteiger partial charge is 0.341 e. The highest BCUT2D eigenvalue weighted by atomic mass is 16.2. The van der Waals surface area contributed by atoms with Gasteiger partial charge in [0.2, 0.25) is 5.91 Å². The third kappa shape index (κ3) is 2.98. The number of nitrogens with zero attached hydrogens (tertiary/aromatic N) is 3. The van der Waals surface area contributed by atoms with Gasteiger partial charge >= 0.3 is 0 Å². The molecule has 2 rings (SSSR count). The van der Waals surface area contributed by atoms with Crippen molar-refractivity contribution < 1.29 is 4.79 Å². The van der Waals surface area contributed by atoms with E-state index in [0.717, 1.165) is 26.2 Å². The molecule has 0 aromatic heterocycles. The molecule has 0 saturated carbocycles. The number of likely N-dealkylation sites (tertiary alicyclic amines) is 2. The molecular formula is C13H21N3O. The maximum absolute atomic E-state index is 11.7. The zero-order valence-electron chi connectivity index (χ0n) is 10.6. The van der Waals surface area contributed by atoms with Gasteiger partial charge in [0.05, 0.1) is 12.0 Å². The summed E-state index contributed by atoms with van der Waals surface area (Å²) in [5, 5.41) is 8.84. The number of piperidine rings is 1. The van der Waals surface area contributed by atoms with Gasteiger partial charge in [-0.3, -0.25) is 4.79 Å². The Morgan fingerprint density at radius 2 is 2.12 bits per heavy atom. The highest BCUT2D eigenvalue weighted by Crippen LogP contribution is 2.23. The van der Waals surface area contributed by atoms with Crippen LogP contribution in [-0.4, -0.2) is 48.4 Å². The summed E-state index contributed by atoms with van der Waals surface area (Å²) >= 11 is 0. The summed E-state index contributed by atoms with van der Waals surface area (Å²) in [5.41, 5.74) is 0. The van der Waals surface area contributed by atoms with Gasteiger partial charge in [0, 0.05) is 19.5 Å². The number of carbonyl (C=O) groups is 1. The van der Waals surface area contributed by atoms with E-state index in [1.165, 1.54) is 12.8 Å². The van der Waals surface area contributed by atoms with Crippen LogP contribution in [-0.2, 0) is 4.79 Å². The van der Waals surface area contributed by atoms with E-state index in [2.05, 4.69) is 17.9 Å². The first kappa shape index (κ1) is 12.4. The lowest BCUT2D eigenvalue weighted by Gasteiger charge is -2.33. The van der Waals surface area contributed by atoms with Gasteiger partial charge in [-0.05, 0) is 38.4 Å². The Morgan fingerprint density at radius 3 is 2.65 bits per heavy atom. The van der Waals surface area contributed by atoms with Crippen LogP contribution in [0, 0.1) is 23.2 Å². The monoisotopic (exact) mass is 235 g/mol. The van der Waals surface area contributed by atoms with Gasteiger partial charge in [0.15, 0.2) is 0 Å². The Hall–Kier alpha value is -1.08. The van der Waals surface area contributed by atoms with E-state index in [0.29, 0.717) is 18.9 Å². The van der Waals surface area contributed by atoms with Crippen molar-refractivity contribution >= 4 is 5.91 Å². The number of hydrogen-bond acceptors (Lipinski definition) is 3. The molecule has 4 nitrogen and oxygen atoms in total. The minimum atomic E-state index is -0.0711. The fraction of sp³-hybridized carbons (Fsp3) is 0.846. The van der Waals surface area contributed by atoms with Gasteiger partial charge in [0.1, 0.15) is 0 Å². The molecule has 0 aromatic carbocycles. The lowest BCUT2D eigenvalue weighted by Crippen LogP contribution is -2.39. The van der Waals surface area contributed by atoms with E-state index < -0.39 is 0 Å². The molecule has 2 heterocycles. The van der Waals surface area contributed by atoms with Crippen LogP contribution in [0.3, 0.4) is 0 Å². The average Bonchev–Trinajstić information content (AvgIpc) is 2.71. The molecule has 2 aliphatic rings. The molecule has 2 saturated heterocycles. The van der Waals surface area contributed by atoms with Crippen LogP contribution < -0.4 is 0 Å². The minimum absolute atomic E-state index is 0.0711. The summed E-state index contributed by atoms with van der Waals surface area (Å²) in [6.45, 7) is 7.17. The summed E-state index contributed by atoms with van der Waals surface area (Å²) in [6.07, 6.45) is 2.81. The number of nitriles is 1. The van der Waals surface area contributed by atoms with Gasteiger partial charge in [-0.15, -0.1) is 0 Å². The number of hydrogen-bond donors (Lipinski definition) is 0. The average molecular weight is 235 g/mol. The van der Waals surface area contributed by atoms with Crippen molar-refractivity contribution in [1.82, 2.24) is 9.80 Å². The third-order valence-electron chi connectivity index (χ3n) is 4.03. The summed E-state index contributed by atoms with van der Waals surface area (Å²) in [6, 6.07) is 2.21. The van der Waals surface area contributed by atoms with Gasteiger partial charge in [0.25, 0.3) is 0 Å². The fourth-order valence-electron chi connectivity index (χ4n) is 2.83. The van der Waals surface area contributed by atoms with Crippen molar-refractivity contribution in [2.24, 2.45) is 11.8 Å². The topological polar surface area (TPSA) is 47.3 Å². The Kier molecular flexibility index (Phi) is 4.01. The second-order valence-electron chi connectivity index (χ2n) is 5.21. The Balaban J connectivity index is 1.79. The van der Waals surface area contributed by atoms with Crippen LogP contribution in [0.2, 0.25) is 0 Å². The molecular weight excluding hydrogens is 214 g/mol. The summed E-state index contributed by atoms with van der Waals surface area (Å²) in [5.74, 6) is 0.742. The second-order valence-corrected chi connectivity index (χ2v) is 5.21. The smallest absolute Gasteiger partial charge is 0.224 e. The second kappa shape index (κ2) is 5.50. The third-order valence-corrected chi connectivity index (χ3v) is 4.03. The summed E-state index contributed by atoms with van der Waals surface area (Å²) < 4.78 is 0. The first-order valence-electron chi connectivity index (χ1n) is 6.62. The van der Waals surface area contributed by atoms with Crippen molar-refractivity contribution in [2.45, 2.75) is 26.2 Å². The summed E-state index contributed by atoms with van der Waals surface area (Å²) in [7, 11) is 0. The maximum atomic E-state index is 11.7. The van der Waals surface area contributed by atoms with Crippen LogP contribution in [0.4, 0.5) is 0 Å². The highest BCUT2D eigenvalue weighted by molar-refractivity contribution is 5.79. The number of carbonyl (C=O) groups excluding carboxylic acids is 1. The van der Waals surface area contributed by atoms with E-state index in [9.17, 15) is 4.79 Å². The maximum Gasteiger partial charge on any atom is 0.224 e. The molecule has 0 bridgehead atoms. The molecule has 0 aliphatic carbocycles. The number of amides is 1. The van der Waals surface area contributed by atoms with Crippen LogP contribution >= 0.6 is 0 Å². The molecule has 0 aromatic rings. The van der Waals surface area contributed by atoms with E-state index in [1.54, 1.807) is 0 Å². The molecule has 2 fully saturated rings. The molecule has 2 aliphatic heterocycles. The van der Waals surface area contributed by atoms with Crippen molar-refractivity contribution in [3.63, 3.8) is 0 Å². The zero-order valence-corrected chi connectivity index (χ0v) is 10.6. The van der Waals surface area contributed by atoms with Crippen LogP contribution in [0.1, 0.15) is 26.2 Å². The van der Waals surface area contributed by atoms with Crippen LogP contribution in [0.25, 0.3) is 0 Å². The molecule has 94 valence electrons. The predicted octanol–water partition coefficient (Wildman–Crippen LogP) is 1.09. The van der Waals surface area contributed by atoms with Crippen molar-refractivity contribution in [1.29, 1.82) is 5.26 Å². The van der Waals surface area contributed by atoms with Gasteiger partial charge in [-0.2, -0.15) is 5.26 Å². The Bertz CT molecular complexity index is 315. The molecule has 1 amide bonds. The standard InChI is InChI=1S/C13H21N3O/c1-2-15-5-3-11(4-6-15)9-16-10-12(8-14)7-13(16)17/h11-12H,2-7,9-10H2,1H3. The lowest BCUT2D eigenvalue weighted by molar-refractivity contribution is -0.128. The van der Waals surface area contributed by atoms with Gasteiger partial charge < -0.3 is 9.80 Å². The van der Waals surface area contributed by atoms with E-state index >= 15 is 0 Å². The van der Waals surface area contributed by atoms with E-state index in [4.69, 9.17) is 5.26 Å². The molecule has 17 heavy (non-hydrogen) atoms. The molecule has 0 spiro atoms. The first-order chi connectivity index (χ1) is 8.22. The lowest BCUT2D eigenvalue weighted by atomic mass is 9.96. The first-order valence-corrected chi connectivity index (χ1v) is 6.62. The SMILES string of the molecule is CCN1CCC(CN2CC(C#N)CC2=O)CC1. The van der Waals surface area contributed by atoms with E-state index in [1.807, 2.05) is 4.90 Å². The minimum Gasteiger partial charge on any atom is -0.341 e.